The molecule has 0 bridgehead atoms. The molecule has 1 aromatic carbocycles. The van der Waals surface area contributed by atoms with Crippen molar-refractivity contribution in [3.8, 4) is 12.3 Å². The molecule has 7 heteroatoms. The van der Waals surface area contributed by atoms with E-state index in [1.54, 1.807) is 18.2 Å². The van der Waals surface area contributed by atoms with Crippen LogP contribution in [-0.4, -0.2) is 33.3 Å². The Morgan fingerprint density at radius 3 is 2.90 bits per heavy atom. The molecule has 1 heterocycles. The number of nitrogens with one attached hydrogen (secondary N) is 2. The van der Waals surface area contributed by atoms with Crippen molar-refractivity contribution in [3.05, 3.63) is 29.8 Å². The first-order chi connectivity index (χ1) is 9.54. The minimum absolute atomic E-state index is 0.148. The van der Waals surface area contributed by atoms with E-state index >= 15 is 0 Å². The van der Waals surface area contributed by atoms with E-state index in [0.717, 1.165) is 0 Å². The highest BCUT2D eigenvalue weighted by Gasteiger charge is 2.29. The maximum atomic E-state index is 11.8. The predicted molar refractivity (Wildman–Crippen MR) is 74.6 cm³/mol. The molecule has 104 valence electrons. The molecule has 20 heavy (non-hydrogen) atoms. The lowest BCUT2D eigenvalue weighted by Crippen LogP contribution is -2.25. The summed E-state index contributed by atoms with van der Waals surface area (Å²) in [6.45, 7) is 0.355. The number of benzene rings is 1. The van der Waals surface area contributed by atoms with Gasteiger partial charge in [-0.15, -0.1) is 6.42 Å². The first kappa shape index (κ1) is 14.1. The summed E-state index contributed by atoms with van der Waals surface area (Å²) in [6.07, 6.45) is 5.17. The molecule has 1 aliphatic rings. The number of terminal acetylenes is 1. The summed E-state index contributed by atoms with van der Waals surface area (Å²) in [7, 11) is -3.53. The fourth-order valence-electron chi connectivity index (χ4n) is 1.76. The molecule has 0 saturated heterocycles. The largest absolute Gasteiger partial charge is 0.345 e. The highest BCUT2D eigenvalue weighted by atomic mass is 32.2. The molecule has 2 N–H and O–H groups in total. The third-order valence-electron chi connectivity index (χ3n) is 2.66. The van der Waals surface area contributed by atoms with Crippen LogP contribution in [-0.2, 0) is 14.8 Å². The van der Waals surface area contributed by atoms with E-state index in [4.69, 9.17) is 6.42 Å². The average molecular weight is 291 g/mol. The lowest BCUT2D eigenvalue weighted by atomic mass is 10.2. The van der Waals surface area contributed by atoms with Gasteiger partial charge in [0.2, 0.25) is 5.91 Å². The lowest BCUT2D eigenvalue weighted by molar-refractivity contribution is -0.120. The average Bonchev–Trinajstić information content (AvgIpc) is 2.69. The molecule has 0 spiro atoms. The smallest absolute Gasteiger partial charge is 0.263 e. The van der Waals surface area contributed by atoms with Crippen LogP contribution in [0.4, 0.5) is 0 Å². The van der Waals surface area contributed by atoms with Crippen LogP contribution in [0.15, 0.2) is 34.2 Å². The second-order valence-corrected chi connectivity index (χ2v) is 5.71. The number of hydrogen-bond acceptors (Lipinski definition) is 4. The fraction of sp³-hybridized carbons (Fsp3) is 0.231. The van der Waals surface area contributed by atoms with Gasteiger partial charge in [-0.1, -0.05) is 18.1 Å². The molecule has 0 aliphatic carbocycles. The summed E-state index contributed by atoms with van der Waals surface area (Å²) in [5.41, 5.74) is 0.525. The van der Waals surface area contributed by atoms with Gasteiger partial charge < -0.3 is 5.32 Å². The number of carbonyl (C=O) groups excluding carboxylic acids is 1. The molecular weight excluding hydrogens is 278 g/mol. The second-order valence-electron chi connectivity index (χ2n) is 4.06. The van der Waals surface area contributed by atoms with Crippen molar-refractivity contribution in [1.82, 2.24) is 10.0 Å². The Hall–Kier alpha value is -2.33. The SMILES string of the molecule is C#CCNC(=O)CCN=C1NS(=O)(=O)c2ccccc21. The molecule has 2 rings (SSSR count). The van der Waals surface area contributed by atoms with E-state index in [1.807, 2.05) is 0 Å². The summed E-state index contributed by atoms with van der Waals surface area (Å²) in [6, 6.07) is 6.56. The van der Waals surface area contributed by atoms with E-state index in [-0.39, 0.29) is 36.1 Å². The van der Waals surface area contributed by atoms with Crippen molar-refractivity contribution >= 4 is 21.8 Å². The van der Waals surface area contributed by atoms with Crippen molar-refractivity contribution in [3.63, 3.8) is 0 Å². The summed E-state index contributed by atoms with van der Waals surface area (Å²) in [5.74, 6) is 2.34. The number of amidine groups is 1. The zero-order valence-electron chi connectivity index (χ0n) is 10.6. The summed E-state index contributed by atoms with van der Waals surface area (Å²) in [5, 5.41) is 2.51. The van der Waals surface area contributed by atoms with Gasteiger partial charge in [-0.05, 0) is 12.1 Å². The molecule has 1 aliphatic heterocycles. The van der Waals surface area contributed by atoms with Crippen LogP contribution in [0.3, 0.4) is 0 Å². The zero-order valence-corrected chi connectivity index (χ0v) is 11.4. The number of aliphatic imine (C=N–C) groups is 1. The van der Waals surface area contributed by atoms with Crippen LogP contribution in [0, 0.1) is 12.3 Å². The van der Waals surface area contributed by atoms with Gasteiger partial charge in [0, 0.05) is 12.0 Å². The van der Waals surface area contributed by atoms with Gasteiger partial charge in [-0.25, -0.2) is 8.42 Å². The molecular formula is C13H13N3O3S. The molecule has 0 aromatic heterocycles. The zero-order chi connectivity index (χ0) is 14.6. The van der Waals surface area contributed by atoms with Gasteiger partial charge in [-0.2, -0.15) is 0 Å². The number of hydrogen-bond donors (Lipinski definition) is 2. The molecule has 1 amide bonds. The van der Waals surface area contributed by atoms with Crippen molar-refractivity contribution in [1.29, 1.82) is 0 Å². The van der Waals surface area contributed by atoms with Crippen molar-refractivity contribution in [2.75, 3.05) is 13.1 Å². The normalized spacial score (nSPS) is 17.1. The van der Waals surface area contributed by atoms with Crippen LogP contribution in [0.1, 0.15) is 12.0 Å². The molecule has 1 aromatic rings. The topological polar surface area (TPSA) is 87.6 Å². The maximum Gasteiger partial charge on any atom is 0.263 e. The number of sulfonamides is 1. The number of fused-ring (bicyclic) bond motifs is 1. The van der Waals surface area contributed by atoms with Crippen LogP contribution >= 0.6 is 0 Å². The number of nitrogens with zero attached hydrogens (tertiary/aromatic N) is 1. The third kappa shape index (κ3) is 2.97. The Bertz CT molecular complexity index is 702. The quantitative estimate of drug-likeness (QED) is 0.757. The van der Waals surface area contributed by atoms with Crippen molar-refractivity contribution < 1.29 is 13.2 Å². The first-order valence-electron chi connectivity index (χ1n) is 5.91. The Labute approximate surface area is 117 Å². The fourth-order valence-corrected chi connectivity index (χ4v) is 3.01. The lowest BCUT2D eigenvalue weighted by Gasteiger charge is -2.00. The van der Waals surface area contributed by atoms with Crippen LogP contribution in [0.5, 0.6) is 0 Å². The monoisotopic (exact) mass is 291 g/mol. The number of rotatable bonds is 4. The Morgan fingerprint density at radius 2 is 2.15 bits per heavy atom. The molecule has 0 radical (unpaired) electrons. The minimum atomic E-state index is -3.53. The van der Waals surface area contributed by atoms with Gasteiger partial charge in [0.25, 0.3) is 10.0 Å². The highest BCUT2D eigenvalue weighted by Crippen LogP contribution is 2.21. The molecule has 0 fully saturated rings. The van der Waals surface area contributed by atoms with Crippen molar-refractivity contribution in [2.24, 2.45) is 4.99 Å². The number of carbonyl (C=O) groups is 1. The molecule has 0 atom stereocenters. The second kappa shape index (κ2) is 5.75. The number of amides is 1. The molecule has 6 nitrogen and oxygen atoms in total. The summed E-state index contributed by atoms with van der Waals surface area (Å²) < 4.78 is 26.0. The van der Waals surface area contributed by atoms with Crippen molar-refractivity contribution in [2.45, 2.75) is 11.3 Å². The van der Waals surface area contributed by atoms with E-state index in [1.165, 1.54) is 6.07 Å². The summed E-state index contributed by atoms with van der Waals surface area (Å²) >= 11 is 0. The highest BCUT2D eigenvalue weighted by molar-refractivity contribution is 7.90. The standard InChI is InChI=1S/C13H13N3O3S/c1-2-8-14-12(17)7-9-15-13-10-5-3-4-6-11(10)20(18,19)16-13/h1,3-6H,7-9H2,(H,14,17)(H,15,16). The van der Waals surface area contributed by atoms with E-state index in [9.17, 15) is 13.2 Å². The van der Waals surface area contributed by atoms with Crippen LogP contribution in [0.2, 0.25) is 0 Å². The van der Waals surface area contributed by atoms with Gasteiger partial charge in [0.1, 0.15) is 5.84 Å². The van der Waals surface area contributed by atoms with Gasteiger partial charge in [-0.3, -0.25) is 14.5 Å². The third-order valence-corrected chi connectivity index (χ3v) is 4.06. The van der Waals surface area contributed by atoms with Gasteiger partial charge in [0.05, 0.1) is 18.0 Å². The van der Waals surface area contributed by atoms with Crippen LogP contribution in [0.25, 0.3) is 0 Å². The Kier molecular flexibility index (Phi) is 4.05. The molecule has 0 unspecified atom stereocenters. The van der Waals surface area contributed by atoms with Gasteiger partial charge in [0.15, 0.2) is 0 Å². The maximum absolute atomic E-state index is 11.8. The van der Waals surface area contributed by atoms with E-state index in [0.29, 0.717) is 5.56 Å². The Balaban J connectivity index is 2.07. The molecule has 0 saturated carbocycles. The minimum Gasteiger partial charge on any atom is -0.345 e. The Morgan fingerprint density at radius 1 is 1.40 bits per heavy atom. The predicted octanol–water partition coefficient (Wildman–Crippen LogP) is -0.135. The van der Waals surface area contributed by atoms with E-state index in [2.05, 4.69) is 21.0 Å². The van der Waals surface area contributed by atoms with E-state index < -0.39 is 10.0 Å². The van der Waals surface area contributed by atoms with Crippen LogP contribution < -0.4 is 10.0 Å². The summed E-state index contributed by atoms with van der Waals surface area (Å²) in [4.78, 5) is 15.7. The first-order valence-corrected chi connectivity index (χ1v) is 7.40. The van der Waals surface area contributed by atoms with Gasteiger partial charge >= 0.3 is 0 Å².